The van der Waals surface area contributed by atoms with E-state index < -0.39 is 11.6 Å². The minimum atomic E-state index is -1.04. The number of aromatic nitrogens is 1. The molecule has 1 unspecified atom stereocenters. The zero-order valence-electron chi connectivity index (χ0n) is 16.5. The van der Waals surface area contributed by atoms with Gasteiger partial charge in [-0.15, -0.1) is 11.3 Å². The van der Waals surface area contributed by atoms with Crippen molar-refractivity contribution in [3.8, 4) is 0 Å². The van der Waals surface area contributed by atoms with Gasteiger partial charge in [0.2, 0.25) is 0 Å². The third-order valence-corrected chi connectivity index (χ3v) is 6.58. The largest absolute Gasteiger partial charge is 0.476 e. The number of thiazole rings is 1. The van der Waals surface area contributed by atoms with Crippen molar-refractivity contribution in [2.24, 2.45) is 0 Å². The summed E-state index contributed by atoms with van der Waals surface area (Å²) in [7, 11) is 0. The van der Waals surface area contributed by atoms with Gasteiger partial charge in [0, 0.05) is 17.7 Å². The number of hydrogen-bond acceptors (Lipinski definition) is 7. The summed E-state index contributed by atoms with van der Waals surface area (Å²) in [5, 5.41) is 20.8. The maximum Gasteiger partial charge on any atom is 0.410 e. The molecule has 7 nitrogen and oxygen atoms in total. The van der Waals surface area contributed by atoms with Gasteiger partial charge in [-0.2, -0.15) is 0 Å². The van der Waals surface area contributed by atoms with Crippen molar-refractivity contribution in [2.45, 2.75) is 68.5 Å². The fourth-order valence-corrected chi connectivity index (χ4v) is 4.76. The molecule has 0 radical (unpaired) electrons. The molecule has 1 amide bonds. The smallest absolute Gasteiger partial charge is 0.410 e. The molecular weight excluding hydrogens is 400 g/mol. The van der Waals surface area contributed by atoms with Crippen LogP contribution in [0.2, 0.25) is 0 Å². The monoisotopic (exact) mass is 428 g/mol. The van der Waals surface area contributed by atoms with Crippen LogP contribution in [0.4, 0.5) is 4.79 Å². The number of aromatic carboxylic acids is 1. The van der Waals surface area contributed by atoms with E-state index in [1.54, 1.807) is 4.90 Å². The molecule has 1 aliphatic rings. The summed E-state index contributed by atoms with van der Waals surface area (Å²) in [5.74, 6) is -0.451. The van der Waals surface area contributed by atoms with Crippen LogP contribution in [0, 0.1) is 0 Å². The molecule has 1 saturated heterocycles. The number of cyclic esters (lactones) is 1. The summed E-state index contributed by atoms with van der Waals surface area (Å²) in [6, 6.07) is -0.180. The molecule has 0 spiro atoms. The third kappa shape index (κ3) is 6.49. The van der Waals surface area contributed by atoms with Gasteiger partial charge >= 0.3 is 12.1 Å². The predicted octanol–water partition coefficient (Wildman–Crippen LogP) is 4.03. The Hall–Kier alpha value is -1.58. The number of amides is 1. The summed E-state index contributed by atoms with van der Waals surface area (Å²) in [5.41, 5.74) is -0.704. The Balaban J connectivity index is 1.89. The molecule has 1 fully saturated rings. The molecule has 2 rings (SSSR count). The van der Waals surface area contributed by atoms with Gasteiger partial charge < -0.3 is 14.9 Å². The van der Waals surface area contributed by atoms with Crippen LogP contribution in [-0.4, -0.2) is 62.2 Å². The van der Waals surface area contributed by atoms with Crippen molar-refractivity contribution in [3.63, 3.8) is 0 Å². The second-order valence-electron chi connectivity index (χ2n) is 7.16. The van der Waals surface area contributed by atoms with E-state index in [4.69, 9.17) is 9.84 Å². The van der Waals surface area contributed by atoms with Crippen LogP contribution in [0.25, 0.3) is 0 Å². The highest BCUT2D eigenvalue weighted by atomic mass is 32.2. The Bertz CT molecular complexity index is 704. The molecule has 3 atom stereocenters. The summed E-state index contributed by atoms with van der Waals surface area (Å²) >= 11 is 2.70. The number of carbonyl (C=O) groups is 2. The Kier molecular flexibility index (Phi) is 8.33. The van der Waals surface area contributed by atoms with Crippen LogP contribution < -0.4 is 0 Å². The minimum Gasteiger partial charge on any atom is -0.476 e. The Morgan fingerprint density at radius 2 is 2.29 bits per heavy atom. The first kappa shape index (κ1) is 22.7. The zero-order chi connectivity index (χ0) is 20.7. The highest BCUT2D eigenvalue weighted by molar-refractivity contribution is 8.01. The van der Waals surface area contributed by atoms with Crippen LogP contribution >= 0.6 is 23.1 Å². The Labute approximate surface area is 173 Å². The lowest BCUT2D eigenvalue weighted by molar-refractivity contribution is 0.0515. The van der Waals surface area contributed by atoms with Gasteiger partial charge in [0.1, 0.15) is 6.10 Å². The van der Waals surface area contributed by atoms with E-state index in [1.807, 2.05) is 26.0 Å². The number of carboxylic acids is 1. The number of carbonyl (C=O) groups excluding carboxylic acids is 1. The van der Waals surface area contributed by atoms with Crippen LogP contribution in [-0.2, 0) is 4.74 Å². The van der Waals surface area contributed by atoms with Crippen molar-refractivity contribution in [1.82, 2.24) is 9.88 Å². The van der Waals surface area contributed by atoms with Crippen LogP contribution in [0.1, 0.15) is 56.9 Å². The molecule has 0 bridgehead atoms. The number of unbranched alkanes of at least 4 members (excludes halogenated alkanes) is 1. The van der Waals surface area contributed by atoms with Crippen molar-refractivity contribution in [1.29, 1.82) is 0 Å². The zero-order valence-corrected chi connectivity index (χ0v) is 18.1. The van der Waals surface area contributed by atoms with Gasteiger partial charge in [-0.1, -0.05) is 43.7 Å². The summed E-state index contributed by atoms with van der Waals surface area (Å²) in [4.78, 5) is 28.7. The van der Waals surface area contributed by atoms with Crippen molar-refractivity contribution >= 4 is 35.2 Å². The maximum absolute atomic E-state index is 12.2. The predicted molar refractivity (Wildman–Crippen MR) is 110 cm³/mol. The van der Waals surface area contributed by atoms with E-state index in [0.717, 1.165) is 19.3 Å². The quantitative estimate of drug-likeness (QED) is 0.405. The van der Waals surface area contributed by atoms with Gasteiger partial charge in [-0.25, -0.2) is 14.6 Å². The van der Waals surface area contributed by atoms with Gasteiger partial charge in [0.05, 0.1) is 11.6 Å². The fourth-order valence-electron chi connectivity index (χ4n) is 2.95. The number of carboxylic acid groups (broad SMARTS) is 1. The van der Waals surface area contributed by atoms with Crippen LogP contribution in [0.5, 0.6) is 0 Å². The number of rotatable bonds is 11. The first-order chi connectivity index (χ1) is 13.2. The van der Waals surface area contributed by atoms with Crippen LogP contribution in [0.15, 0.2) is 21.9 Å². The standard InChI is InChI=1S/C19H28N2O5S2/c1-4-5-8-19(3,25)9-6-7-15-13(2)26-18(24)21(15)10-11-27-17-20-14(12-28-17)16(22)23/h6-7,12-13,15,25H,4-5,8-11H2,1-3H3,(H,22,23)/t13-,15-,19?/m0/s1. The van der Waals surface area contributed by atoms with Gasteiger partial charge in [0.25, 0.3) is 0 Å². The highest BCUT2D eigenvalue weighted by Gasteiger charge is 2.37. The molecule has 2 heterocycles. The van der Waals surface area contributed by atoms with Gasteiger partial charge in [-0.05, 0) is 26.7 Å². The SMILES string of the molecule is CCCCC(C)(O)CC=C[C@H]1[C@H](C)OC(=O)N1CCSc1nc(C(=O)O)cs1. The van der Waals surface area contributed by atoms with Crippen molar-refractivity contribution < 1.29 is 24.5 Å². The number of ether oxygens (including phenoxy) is 1. The second kappa shape index (κ2) is 10.3. The van der Waals surface area contributed by atoms with E-state index >= 15 is 0 Å². The molecule has 0 aromatic carbocycles. The lowest BCUT2D eigenvalue weighted by Crippen LogP contribution is -2.36. The number of thioether (sulfide) groups is 1. The van der Waals surface area contributed by atoms with Gasteiger partial charge in [-0.3, -0.25) is 4.90 Å². The summed E-state index contributed by atoms with van der Waals surface area (Å²) in [6.07, 6.45) is 6.55. The third-order valence-electron chi connectivity index (χ3n) is 4.58. The molecule has 1 aromatic heterocycles. The van der Waals surface area contributed by atoms with E-state index in [0.29, 0.717) is 23.1 Å². The van der Waals surface area contributed by atoms with Crippen molar-refractivity contribution in [3.05, 3.63) is 23.2 Å². The average molecular weight is 429 g/mol. The molecule has 1 aliphatic heterocycles. The first-order valence-corrected chi connectivity index (χ1v) is 11.3. The maximum atomic E-state index is 12.2. The average Bonchev–Trinajstić information content (AvgIpc) is 3.19. The Morgan fingerprint density at radius 1 is 1.54 bits per heavy atom. The number of nitrogens with zero attached hydrogens (tertiary/aromatic N) is 2. The number of aliphatic hydroxyl groups is 1. The van der Waals surface area contributed by atoms with Gasteiger partial charge in [0.15, 0.2) is 10.0 Å². The van der Waals surface area contributed by atoms with E-state index in [-0.39, 0.29) is 23.9 Å². The molecule has 1 aromatic rings. The molecule has 28 heavy (non-hydrogen) atoms. The highest BCUT2D eigenvalue weighted by Crippen LogP contribution is 2.26. The van der Waals surface area contributed by atoms with E-state index in [2.05, 4.69) is 11.9 Å². The molecule has 2 N–H and O–H groups in total. The molecule has 0 aliphatic carbocycles. The van der Waals surface area contributed by atoms with E-state index in [9.17, 15) is 14.7 Å². The molecule has 9 heteroatoms. The number of hydrogen-bond donors (Lipinski definition) is 2. The summed E-state index contributed by atoms with van der Waals surface area (Å²) in [6.45, 7) is 6.26. The Morgan fingerprint density at radius 3 is 2.93 bits per heavy atom. The minimum absolute atomic E-state index is 0.0395. The normalized spacial score (nSPS) is 21.9. The summed E-state index contributed by atoms with van der Waals surface area (Å²) < 4.78 is 6.01. The molecule has 0 saturated carbocycles. The van der Waals surface area contributed by atoms with Crippen LogP contribution in [0.3, 0.4) is 0 Å². The van der Waals surface area contributed by atoms with E-state index in [1.165, 1.54) is 28.5 Å². The first-order valence-electron chi connectivity index (χ1n) is 9.41. The fraction of sp³-hybridized carbons (Fsp3) is 0.632. The second-order valence-corrected chi connectivity index (χ2v) is 9.36. The lowest BCUT2D eigenvalue weighted by atomic mass is 9.94. The van der Waals surface area contributed by atoms with Crippen molar-refractivity contribution in [2.75, 3.05) is 12.3 Å². The molecule has 156 valence electrons. The lowest BCUT2D eigenvalue weighted by Gasteiger charge is -2.23. The topological polar surface area (TPSA) is 100.0 Å². The molecular formula is C19H28N2O5S2.